The molecule has 0 atom stereocenters. The number of nitrogens with zero attached hydrogens (tertiary/aromatic N) is 2. The van der Waals surface area contributed by atoms with E-state index in [2.05, 4.69) is 4.90 Å². The molecule has 0 unspecified atom stereocenters. The van der Waals surface area contributed by atoms with E-state index < -0.39 is 5.97 Å². The predicted molar refractivity (Wildman–Crippen MR) is 136 cm³/mol. The Kier molecular flexibility index (Phi) is 7.39. The first-order valence-electron chi connectivity index (χ1n) is 11.5. The zero-order valence-electron chi connectivity index (χ0n) is 19.6. The number of carbonyl (C=O) groups is 1. The van der Waals surface area contributed by atoms with E-state index in [-0.39, 0.29) is 12.3 Å². The third kappa shape index (κ3) is 5.18. The van der Waals surface area contributed by atoms with Gasteiger partial charge in [-0.05, 0) is 62.0 Å². The fourth-order valence-electron chi connectivity index (χ4n) is 4.64. The zero-order valence-corrected chi connectivity index (χ0v) is 20.3. The van der Waals surface area contributed by atoms with Crippen molar-refractivity contribution in [1.29, 1.82) is 0 Å². The van der Waals surface area contributed by atoms with Gasteiger partial charge in [0.1, 0.15) is 0 Å². The summed E-state index contributed by atoms with van der Waals surface area (Å²) in [6.07, 6.45) is 2.04. The van der Waals surface area contributed by atoms with Crippen molar-refractivity contribution in [3.63, 3.8) is 0 Å². The molecule has 34 heavy (non-hydrogen) atoms. The van der Waals surface area contributed by atoms with Crippen molar-refractivity contribution in [1.82, 2.24) is 9.88 Å². The van der Waals surface area contributed by atoms with E-state index in [1.165, 1.54) is 0 Å². The molecule has 6 nitrogen and oxygen atoms in total. The van der Waals surface area contributed by atoms with Gasteiger partial charge in [0.2, 0.25) is 5.88 Å². The van der Waals surface area contributed by atoms with Gasteiger partial charge in [0.25, 0.3) is 0 Å². The molecular weight excluding hydrogens is 450 g/mol. The largest absolute Gasteiger partial charge is 0.481 e. The minimum absolute atomic E-state index is 0.252. The Labute approximate surface area is 205 Å². The van der Waals surface area contributed by atoms with Gasteiger partial charge in [-0.3, -0.25) is 9.69 Å². The highest BCUT2D eigenvalue weighted by atomic mass is 35.5. The summed E-state index contributed by atoms with van der Waals surface area (Å²) in [5.41, 5.74) is 12.3. The first-order chi connectivity index (χ1) is 16.4. The number of carboxylic acid groups (broad SMARTS) is 1. The Balaban J connectivity index is 1.57. The number of halogens is 1. The van der Waals surface area contributed by atoms with Gasteiger partial charge in [-0.2, -0.15) is 0 Å². The number of methoxy groups -OCH3 is 1. The lowest BCUT2D eigenvalue weighted by molar-refractivity contribution is -0.138. The topological polar surface area (TPSA) is 88.7 Å². The monoisotopic (exact) mass is 479 g/mol. The number of pyridine rings is 1. The molecule has 4 rings (SSSR count). The second-order valence-electron chi connectivity index (χ2n) is 8.87. The van der Waals surface area contributed by atoms with Gasteiger partial charge in [0.05, 0.1) is 17.8 Å². The van der Waals surface area contributed by atoms with Crippen LogP contribution in [0.3, 0.4) is 0 Å². The van der Waals surface area contributed by atoms with Gasteiger partial charge in [0.15, 0.2) is 0 Å². The lowest BCUT2D eigenvalue weighted by Gasteiger charge is -2.31. The molecule has 1 saturated heterocycles. The molecule has 3 aromatic rings. The fraction of sp³-hybridized carbons (Fsp3) is 0.333. The van der Waals surface area contributed by atoms with Crippen molar-refractivity contribution in [2.24, 2.45) is 5.92 Å². The Morgan fingerprint density at radius 1 is 1.12 bits per heavy atom. The van der Waals surface area contributed by atoms with E-state index in [0.29, 0.717) is 17.4 Å². The number of aliphatic carboxylic acids is 1. The summed E-state index contributed by atoms with van der Waals surface area (Å²) in [5.74, 6) is 0.120. The number of carboxylic acids is 1. The zero-order chi connectivity index (χ0) is 24.2. The van der Waals surface area contributed by atoms with Crippen LogP contribution in [0.25, 0.3) is 22.4 Å². The quantitative estimate of drug-likeness (QED) is 0.425. The molecule has 0 spiro atoms. The van der Waals surface area contributed by atoms with E-state index in [0.717, 1.165) is 65.1 Å². The number of rotatable bonds is 7. The normalized spacial score (nSPS) is 14.8. The maximum absolute atomic E-state index is 11.0. The Morgan fingerprint density at radius 2 is 1.79 bits per heavy atom. The Morgan fingerprint density at radius 3 is 2.50 bits per heavy atom. The van der Waals surface area contributed by atoms with E-state index in [1.54, 1.807) is 7.11 Å². The van der Waals surface area contributed by atoms with Crippen LogP contribution in [-0.2, 0) is 11.3 Å². The third-order valence-corrected chi connectivity index (χ3v) is 7.04. The van der Waals surface area contributed by atoms with Crippen molar-refractivity contribution in [2.45, 2.75) is 32.7 Å². The maximum atomic E-state index is 11.0. The fourth-order valence-corrected chi connectivity index (χ4v) is 4.96. The minimum Gasteiger partial charge on any atom is -0.481 e. The van der Waals surface area contributed by atoms with Gasteiger partial charge in [-0.1, -0.05) is 48.0 Å². The van der Waals surface area contributed by atoms with Crippen LogP contribution in [0.15, 0.2) is 48.5 Å². The van der Waals surface area contributed by atoms with Crippen molar-refractivity contribution in [3.8, 4) is 28.3 Å². The molecule has 0 bridgehead atoms. The highest BCUT2D eigenvalue weighted by Crippen LogP contribution is 2.39. The Bertz CT molecular complexity index is 1190. The van der Waals surface area contributed by atoms with Gasteiger partial charge in [0, 0.05) is 35.3 Å². The smallest absolute Gasteiger partial charge is 0.303 e. The molecule has 1 aliphatic heterocycles. The van der Waals surface area contributed by atoms with Gasteiger partial charge in [-0.25, -0.2) is 4.98 Å². The molecule has 2 aromatic carbocycles. The lowest BCUT2D eigenvalue weighted by atomic mass is 9.93. The van der Waals surface area contributed by atoms with E-state index in [1.807, 2.05) is 55.5 Å². The standard InChI is InChI=1S/C27H30ClN3O3/c1-17-20(5-4-8-23(17)29)21-6-3-7-22(26(21)28)24-10-9-19(27(30-24)34-2)16-31-13-11-18(12-14-31)15-25(32)33/h3-10,18H,11-16,29H2,1-2H3,(H,32,33). The van der Waals surface area contributed by atoms with Crippen LogP contribution in [0.1, 0.15) is 30.4 Å². The number of benzene rings is 2. The van der Waals surface area contributed by atoms with Crippen LogP contribution < -0.4 is 10.5 Å². The summed E-state index contributed by atoms with van der Waals surface area (Å²) in [7, 11) is 1.63. The van der Waals surface area contributed by atoms with Crippen LogP contribution in [0.4, 0.5) is 5.69 Å². The molecule has 1 fully saturated rings. The number of nitrogens with two attached hydrogens (primary N) is 1. The summed E-state index contributed by atoms with van der Waals surface area (Å²) in [6.45, 7) is 4.45. The number of aromatic nitrogens is 1. The lowest BCUT2D eigenvalue weighted by Crippen LogP contribution is -2.34. The molecule has 1 aliphatic rings. The first kappa shape index (κ1) is 24.0. The highest BCUT2D eigenvalue weighted by molar-refractivity contribution is 6.36. The number of hydrogen-bond donors (Lipinski definition) is 2. The van der Waals surface area contributed by atoms with Crippen LogP contribution in [0, 0.1) is 12.8 Å². The molecule has 0 aliphatic carbocycles. The highest BCUT2D eigenvalue weighted by Gasteiger charge is 2.23. The number of likely N-dealkylation sites (tertiary alicyclic amines) is 1. The molecular formula is C27H30ClN3O3. The van der Waals surface area contributed by atoms with Crippen molar-refractivity contribution >= 4 is 23.3 Å². The maximum Gasteiger partial charge on any atom is 0.303 e. The number of hydrogen-bond acceptors (Lipinski definition) is 5. The van der Waals surface area contributed by atoms with E-state index >= 15 is 0 Å². The van der Waals surface area contributed by atoms with Gasteiger partial charge < -0.3 is 15.6 Å². The summed E-state index contributed by atoms with van der Waals surface area (Å²) >= 11 is 6.87. The third-order valence-electron chi connectivity index (χ3n) is 6.64. The molecule has 0 radical (unpaired) electrons. The molecule has 1 aromatic heterocycles. The van der Waals surface area contributed by atoms with Crippen LogP contribution >= 0.6 is 11.6 Å². The van der Waals surface area contributed by atoms with E-state index in [9.17, 15) is 4.79 Å². The number of ether oxygens (including phenoxy) is 1. The summed E-state index contributed by atoms with van der Waals surface area (Å²) in [4.78, 5) is 18.1. The van der Waals surface area contributed by atoms with Gasteiger partial charge in [-0.15, -0.1) is 0 Å². The number of piperidine rings is 1. The van der Waals surface area contributed by atoms with Crippen molar-refractivity contribution in [2.75, 3.05) is 25.9 Å². The SMILES string of the molecule is COc1nc(-c2cccc(-c3cccc(N)c3C)c2Cl)ccc1CN1CCC(CC(=O)O)CC1. The minimum atomic E-state index is -0.714. The average molecular weight is 480 g/mol. The molecule has 0 amide bonds. The second kappa shape index (κ2) is 10.5. The number of anilines is 1. The van der Waals surface area contributed by atoms with Crippen LogP contribution in [-0.4, -0.2) is 41.2 Å². The second-order valence-corrected chi connectivity index (χ2v) is 9.25. The average Bonchev–Trinajstić information content (AvgIpc) is 2.82. The number of nitrogen functional groups attached to an aromatic ring is 1. The summed E-state index contributed by atoms with van der Waals surface area (Å²) < 4.78 is 5.64. The summed E-state index contributed by atoms with van der Waals surface area (Å²) in [5, 5.41) is 9.65. The van der Waals surface area contributed by atoms with Crippen LogP contribution in [0.5, 0.6) is 5.88 Å². The molecule has 0 saturated carbocycles. The first-order valence-corrected chi connectivity index (χ1v) is 11.9. The predicted octanol–water partition coefficient (Wildman–Crippen LogP) is 5.65. The van der Waals surface area contributed by atoms with Crippen LogP contribution in [0.2, 0.25) is 5.02 Å². The summed E-state index contributed by atoms with van der Waals surface area (Å²) in [6, 6.07) is 15.8. The molecule has 3 N–H and O–H groups in total. The van der Waals surface area contributed by atoms with Crippen molar-refractivity contribution in [3.05, 3.63) is 64.7 Å². The molecule has 178 valence electrons. The molecule has 7 heteroatoms. The van der Waals surface area contributed by atoms with Gasteiger partial charge >= 0.3 is 5.97 Å². The van der Waals surface area contributed by atoms with E-state index in [4.69, 9.17) is 32.2 Å². The van der Waals surface area contributed by atoms with Crippen molar-refractivity contribution < 1.29 is 14.6 Å². The Hall–Kier alpha value is -3.09. The molecule has 2 heterocycles.